The Morgan fingerprint density at radius 3 is 2.38 bits per heavy atom. The Hall–Kier alpha value is -1.30. The zero-order valence-electron chi connectivity index (χ0n) is 9.03. The van der Waals surface area contributed by atoms with Crippen LogP contribution in [0.25, 0.3) is 0 Å². The fraction of sp³-hybridized carbons (Fsp3) is 0.400. The van der Waals surface area contributed by atoms with Crippen LogP contribution in [0.4, 0.5) is 5.95 Å². The van der Waals surface area contributed by atoms with Crippen LogP contribution in [0.1, 0.15) is 24.2 Å². The second kappa shape index (κ2) is 5.69. The van der Waals surface area contributed by atoms with Crippen LogP contribution < -0.4 is 5.32 Å². The van der Waals surface area contributed by atoms with Crippen LogP contribution >= 0.6 is 15.9 Å². The minimum atomic E-state index is -0.153. The summed E-state index contributed by atoms with van der Waals surface area (Å²) in [6.45, 7) is 3.55. The van der Waals surface area contributed by atoms with Crippen LogP contribution in [-0.2, 0) is 4.79 Å². The predicted octanol–water partition coefficient (Wildman–Crippen LogP) is 1.65. The van der Waals surface area contributed by atoms with Crippen molar-refractivity contribution in [2.24, 2.45) is 5.92 Å². The molecular weight excluding hydrogens is 274 g/mol. The van der Waals surface area contributed by atoms with E-state index in [1.54, 1.807) is 13.8 Å². The molecular formula is C10H12BrN3O2. The largest absolute Gasteiger partial charge is 0.294 e. The number of carbonyl (C=O) groups excluding carboxylic acids is 2. The molecule has 0 saturated heterocycles. The summed E-state index contributed by atoms with van der Waals surface area (Å²) in [5.74, 6) is -0.168. The van der Waals surface area contributed by atoms with Crippen molar-refractivity contribution >= 4 is 33.6 Å². The van der Waals surface area contributed by atoms with Gasteiger partial charge in [0, 0.05) is 18.3 Å². The van der Waals surface area contributed by atoms with Gasteiger partial charge < -0.3 is 0 Å². The van der Waals surface area contributed by atoms with Crippen molar-refractivity contribution in [3.8, 4) is 0 Å². The molecule has 0 aliphatic carbocycles. The maximum Gasteiger partial charge on any atom is 0.229 e. The normalized spacial score (nSPS) is 10.2. The number of hydrogen-bond acceptors (Lipinski definition) is 4. The van der Waals surface area contributed by atoms with Crippen molar-refractivity contribution in [1.29, 1.82) is 0 Å². The number of rotatable bonds is 4. The van der Waals surface area contributed by atoms with Gasteiger partial charge in [0.25, 0.3) is 0 Å². The van der Waals surface area contributed by atoms with Crippen LogP contribution in [0, 0.1) is 5.92 Å². The molecule has 86 valence electrons. The maximum atomic E-state index is 11.3. The maximum absolute atomic E-state index is 11.3. The standard InChI is InChI=1S/C10H12BrN3O2/c1-6(2)9(16)14-10-12-4-7(5-13-10)8(15)3-11/h4-6H,3H2,1-2H3,(H,12,13,14,16). The summed E-state index contributed by atoms with van der Waals surface area (Å²) in [4.78, 5) is 30.3. The van der Waals surface area contributed by atoms with Crippen molar-refractivity contribution in [1.82, 2.24) is 9.97 Å². The van der Waals surface area contributed by atoms with Crippen molar-refractivity contribution in [3.05, 3.63) is 18.0 Å². The second-order valence-electron chi connectivity index (χ2n) is 3.50. The Bertz CT molecular complexity index is 390. The van der Waals surface area contributed by atoms with Gasteiger partial charge in [0.1, 0.15) is 0 Å². The Morgan fingerprint density at radius 2 is 1.94 bits per heavy atom. The molecule has 1 aromatic rings. The van der Waals surface area contributed by atoms with Crippen LogP contribution in [0.15, 0.2) is 12.4 Å². The summed E-state index contributed by atoms with van der Waals surface area (Å²) in [6, 6.07) is 0. The molecule has 0 saturated carbocycles. The van der Waals surface area contributed by atoms with E-state index in [2.05, 4.69) is 31.2 Å². The number of amides is 1. The Morgan fingerprint density at radius 1 is 1.38 bits per heavy atom. The lowest BCUT2D eigenvalue weighted by Gasteiger charge is -2.05. The zero-order valence-corrected chi connectivity index (χ0v) is 10.6. The molecule has 5 nitrogen and oxygen atoms in total. The number of hydrogen-bond donors (Lipinski definition) is 1. The fourth-order valence-electron chi connectivity index (χ4n) is 0.868. The number of aromatic nitrogens is 2. The quantitative estimate of drug-likeness (QED) is 0.674. The van der Waals surface area contributed by atoms with Crippen molar-refractivity contribution in [2.75, 3.05) is 10.6 Å². The molecule has 1 aromatic heterocycles. The number of nitrogens with zero attached hydrogens (tertiary/aromatic N) is 2. The van der Waals surface area contributed by atoms with E-state index in [-0.39, 0.29) is 28.9 Å². The molecule has 1 rings (SSSR count). The molecule has 0 aliphatic rings. The monoisotopic (exact) mass is 285 g/mol. The molecule has 0 aliphatic heterocycles. The molecule has 0 atom stereocenters. The highest BCUT2D eigenvalue weighted by Gasteiger charge is 2.10. The average molecular weight is 286 g/mol. The summed E-state index contributed by atoms with van der Waals surface area (Å²) in [7, 11) is 0. The van der Waals surface area contributed by atoms with E-state index >= 15 is 0 Å². The lowest BCUT2D eigenvalue weighted by Crippen LogP contribution is -2.19. The summed E-state index contributed by atoms with van der Waals surface area (Å²) < 4.78 is 0. The van der Waals surface area contributed by atoms with E-state index in [4.69, 9.17) is 0 Å². The topological polar surface area (TPSA) is 72.0 Å². The summed E-state index contributed by atoms with van der Waals surface area (Å²) in [5, 5.41) is 2.77. The van der Waals surface area contributed by atoms with Gasteiger partial charge in [-0.3, -0.25) is 14.9 Å². The number of nitrogens with one attached hydrogen (secondary N) is 1. The number of ketones is 1. The highest BCUT2D eigenvalue weighted by molar-refractivity contribution is 9.09. The van der Waals surface area contributed by atoms with E-state index in [1.807, 2.05) is 0 Å². The number of alkyl halides is 1. The molecule has 0 fully saturated rings. The minimum absolute atomic E-state index is 0.0956. The number of carbonyl (C=O) groups is 2. The minimum Gasteiger partial charge on any atom is -0.294 e. The van der Waals surface area contributed by atoms with E-state index in [1.165, 1.54) is 12.4 Å². The zero-order chi connectivity index (χ0) is 12.1. The smallest absolute Gasteiger partial charge is 0.229 e. The summed E-state index contributed by atoms with van der Waals surface area (Å²) in [6.07, 6.45) is 2.79. The molecule has 0 unspecified atom stereocenters. The average Bonchev–Trinajstić information content (AvgIpc) is 2.28. The van der Waals surface area contributed by atoms with Gasteiger partial charge in [-0.15, -0.1) is 0 Å². The number of anilines is 1. The van der Waals surface area contributed by atoms with Crippen molar-refractivity contribution < 1.29 is 9.59 Å². The SMILES string of the molecule is CC(C)C(=O)Nc1ncc(C(=O)CBr)cn1. The van der Waals surface area contributed by atoms with E-state index in [9.17, 15) is 9.59 Å². The lowest BCUT2D eigenvalue weighted by atomic mass is 10.2. The number of Topliss-reactive ketones (excluding diaryl/α,β-unsaturated/α-hetero) is 1. The first-order chi connectivity index (χ1) is 7.54. The lowest BCUT2D eigenvalue weighted by molar-refractivity contribution is -0.118. The molecule has 0 aromatic carbocycles. The van der Waals surface area contributed by atoms with Crippen LogP contribution in [0.3, 0.4) is 0 Å². The van der Waals surface area contributed by atoms with Gasteiger partial charge in [-0.2, -0.15) is 0 Å². The highest BCUT2D eigenvalue weighted by atomic mass is 79.9. The van der Waals surface area contributed by atoms with E-state index < -0.39 is 0 Å². The molecule has 16 heavy (non-hydrogen) atoms. The van der Waals surface area contributed by atoms with Crippen LogP contribution in [0.5, 0.6) is 0 Å². The third-order valence-corrected chi connectivity index (χ3v) is 2.36. The predicted molar refractivity (Wildman–Crippen MR) is 63.6 cm³/mol. The fourth-order valence-corrected chi connectivity index (χ4v) is 1.19. The third-order valence-electron chi connectivity index (χ3n) is 1.85. The van der Waals surface area contributed by atoms with Crippen molar-refractivity contribution in [3.63, 3.8) is 0 Å². The first-order valence-corrected chi connectivity index (χ1v) is 5.88. The summed E-state index contributed by atoms with van der Waals surface area (Å²) in [5.41, 5.74) is 0.416. The molecule has 1 N–H and O–H groups in total. The molecule has 1 amide bonds. The molecule has 0 bridgehead atoms. The van der Waals surface area contributed by atoms with E-state index in [0.717, 1.165) is 0 Å². The first kappa shape index (κ1) is 12.8. The van der Waals surface area contributed by atoms with E-state index in [0.29, 0.717) is 5.56 Å². The highest BCUT2D eigenvalue weighted by Crippen LogP contribution is 2.04. The number of halogens is 1. The van der Waals surface area contributed by atoms with Gasteiger partial charge in [0.05, 0.1) is 10.9 Å². The van der Waals surface area contributed by atoms with Crippen LogP contribution in [-0.4, -0.2) is 27.0 Å². The van der Waals surface area contributed by atoms with Gasteiger partial charge in [0.2, 0.25) is 11.9 Å². The molecule has 6 heteroatoms. The molecule has 0 radical (unpaired) electrons. The molecule has 0 spiro atoms. The molecule has 1 heterocycles. The van der Waals surface area contributed by atoms with Gasteiger partial charge in [0.15, 0.2) is 5.78 Å². The Labute approximate surface area is 102 Å². The second-order valence-corrected chi connectivity index (χ2v) is 4.06. The Balaban J connectivity index is 2.72. The third kappa shape index (κ3) is 3.37. The van der Waals surface area contributed by atoms with Gasteiger partial charge in [-0.1, -0.05) is 29.8 Å². The van der Waals surface area contributed by atoms with Gasteiger partial charge >= 0.3 is 0 Å². The van der Waals surface area contributed by atoms with Crippen LogP contribution in [0.2, 0.25) is 0 Å². The summed E-state index contributed by atoms with van der Waals surface area (Å²) >= 11 is 3.05. The van der Waals surface area contributed by atoms with Gasteiger partial charge in [-0.05, 0) is 0 Å². The van der Waals surface area contributed by atoms with Crippen molar-refractivity contribution in [2.45, 2.75) is 13.8 Å². The van der Waals surface area contributed by atoms with Gasteiger partial charge in [-0.25, -0.2) is 9.97 Å². The first-order valence-electron chi connectivity index (χ1n) is 4.76. The Kier molecular flexibility index (Phi) is 4.54.